The van der Waals surface area contributed by atoms with Gasteiger partial charge in [-0.3, -0.25) is 13.5 Å². The number of rotatable bonds is 2. The molecule has 5 nitrogen and oxygen atoms in total. The molecular formula is C17H19ClF2IrN5. The Bertz CT molecular complexity index is 770. The zero-order valence-electron chi connectivity index (χ0n) is 14.5. The molecule has 0 aliphatic heterocycles. The predicted octanol–water partition coefficient (Wildman–Crippen LogP) is 4.72. The van der Waals surface area contributed by atoms with Crippen molar-refractivity contribution in [1.82, 2.24) is 14.8 Å². The summed E-state index contributed by atoms with van der Waals surface area (Å²) in [6.45, 7) is 0. The fourth-order valence-corrected chi connectivity index (χ4v) is 1.82. The molecule has 3 rings (SSSR count). The second-order valence-electron chi connectivity index (χ2n) is 5.01. The van der Waals surface area contributed by atoms with E-state index in [1.807, 2.05) is 44.4 Å². The summed E-state index contributed by atoms with van der Waals surface area (Å²) in [4.78, 5) is 5.94. The van der Waals surface area contributed by atoms with Crippen LogP contribution in [-0.2, 0) is 24.9 Å². The molecule has 0 amide bonds. The van der Waals surface area contributed by atoms with Gasteiger partial charge in [0.15, 0.2) is 0 Å². The van der Waals surface area contributed by atoms with E-state index in [1.54, 1.807) is 23.1 Å². The summed E-state index contributed by atoms with van der Waals surface area (Å²) in [7, 11) is 10.3. The molecule has 0 aliphatic carbocycles. The molecule has 2 heterocycles. The van der Waals surface area contributed by atoms with Crippen molar-refractivity contribution in [2.45, 2.75) is 0 Å². The normalized spacial score (nSPS) is 9.04. The number of nitrogens with zero attached hydrogens (tertiary/aromatic N) is 4. The van der Waals surface area contributed by atoms with Crippen LogP contribution in [0.15, 0.2) is 48.9 Å². The van der Waals surface area contributed by atoms with Gasteiger partial charge in [-0.25, -0.2) is 0 Å². The molecule has 0 saturated heterocycles. The largest absolute Gasteiger partial charge is 0.693 e. The number of anilines is 1. The van der Waals surface area contributed by atoms with E-state index in [1.165, 1.54) is 17.9 Å². The van der Waals surface area contributed by atoms with E-state index in [0.29, 0.717) is 5.69 Å². The van der Waals surface area contributed by atoms with Crippen LogP contribution in [0, 0.1) is 17.7 Å². The third-order valence-corrected chi connectivity index (χ3v) is 3.01. The summed E-state index contributed by atoms with van der Waals surface area (Å²) in [5, 5.41) is 3.83. The topological polar surface area (TPSA) is 67.5 Å². The SMILES string of the molecule is CN(C)c1ccnc(-c2[c-]cc(F)cc2F)c1.Cn1cccn1.[Cl][Ir+2].[NH2-]. The molecular weight excluding hydrogens is 540 g/mol. The van der Waals surface area contributed by atoms with Gasteiger partial charge in [-0.15, -0.1) is 12.1 Å². The van der Waals surface area contributed by atoms with E-state index in [4.69, 9.17) is 0 Å². The van der Waals surface area contributed by atoms with E-state index in [-0.39, 0.29) is 11.7 Å². The van der Waals surface area contributed by atoms with Gasteiger partial charge in [-0.1, -0.05) is 17.7 Å². The maximum Gasteiger partial charge on any atom is -0.693 e. The van der Waals surface area contributed by atoms with Gasteiger partial charge in [-0.05, 0) is 17.8 Å². The molecule has 0 bridgehead atoms. The second-order valence-corrected chi connectivity index (χ2v) is 5.01. The third-order valence-electron chi connectivity index (χ3n) is 3.01. The number of nitrogens with two attached hydrogens (primary N) is 1. The first-order valence-corrected chi connectivity index (χ1v) is 10.0. The van der Waals surface area contributed by atoms with Gasteiger partial charge in [0.1, 0.15) is 0 Å². The van der Waals surface area contributed by atoms with Gasteiger partial charge in [-0.2, -0.15) is 5.10 Å². The van der Waals surface area contributed by atoms with Gasteiger partial charge in [0.25, 0.3) is 0 Å². The van der Waals surface area contributed by atoms with Crippen molar-refractivity contribution in [3.63, 3.8) is 0 Å². The van der Waals surface area contributed by atoms with Crippen LogP contribution in [0.4, 0.5) is 14.5 Å². The Morgan fingerprint density at radius 2 is 1.88 bits per heavy atom. The van der Waals surface area contributed by atoms with Crippen molar-refractivity contribution in [2.75, 3.05) is 19.0 Å². The fraction of sp³-hybridized carbons (Fsp3) is 0.176. The molecule has 0 radical (unpaired) electrons. The van der Waals surface area contributed by atoms with E-state index >= 15 is 0 Å². The monoisotopic (exact) mass is 559 g/mol. The first-order valence-electron chi connectivity index (χ1n) is 7.04. The van der Waals surface area contributed by atoms with Gasteiger partial charge in [0, 0.05) is 57.1 Å². The minimum Gasteiger partial charge on any atom is -0.693 e. The second kappa shape index (κ2) is 12.5. The Labute approximate surface area is 166 Å². The van der Waals surface area contributed by atoms with Gasteiger partial charge in [0.2, 0.25) is 0 Å². The van der Waals surface area contributed by atoms with Crippen LogP contribution in [0.5, 0.6) is 0 Å². The van der Waals surface area contributed by atoms with Crippen molar-refractivity contribution in [3.05, 3.63) is 72.8 Å². The standard InChI is InChI=1S/C13H11F2N2.C4H6N2.ClH.Ir.H2N/c1-17(2)10-5-6-16-13(8-10)11-4-3-9(14)7-12(11)15;1-6-4-2-3-5-6;;;/h3,5-8H,1-2H3;2-4H,1H3;1H;;1H2/q-1;;;+3;-1/p-1. The number of benzene rings is 1. The molecule has 0 atom stereocenters. The minimum absolute atomic E-state index is 0. The van der Waals surface area contributed by atoms with Crippen LogP contribution in [0.1, 0.15) is 0 Å². The maximum absolute atomic E-state index is 13.5. The summed E-state index contributed by atoms with van der Waals surface area (Å²) < 4.78 is 28.1. The van der Waals surface area contributed by atoms with Crippen LogP contribution in [0.3, 0.4) is 0 Å². The third kappa shape index (κ3) is 7.58. The summed E-state index contributed by atoms with van der Waals surface area (Å²) in [6.07, 6.45) is 5.22. The molecule has 0 unspecified atom stereocenters. The number of pyridine rings is 1. The summed E-state index contributed by atoms with van der Waals surface area (Å²) in [6, 6.07) is 9.91. The zero-order chi connectivity index (χ0) is 18.8. The number of hydrogen-bond acceptors (Lipinski definition) is 3. The number of hydrogen-bond donors (Lipinski definition) is 0. The van der Waals surface area contributed by atoms with Gasteiger partial charge < -0.3 is 16.0 Å². The summed E-state index contributed by atoms with van der Waals surface area (Å²) >= 11 is 1.47. The van der Waals surface area contributed by atoms with Crippen LogP contribution in [0.25, 0.3) is 17.4 Å². The molecule has 9 heteroatoms. The van der Waals surface area contributed by atoms with E-state index in [9.17, 15) is 8.78 Å². The van der Waals surface area contributed by atoms with Crippen LogP contribution >= 0.6 is 9.58 Å². The quantitative estimate of drug-likeness (QED) is 0.428. The first-order chi connectivity index (χ1) is 12.0. The van der Waals surface area contributed by atoms with Crippen molar-refractivity contribution in [1.29, 1.82) is 0 Å². The van der Waals surface area contributed by atoms with Crippen LogP contribution < -0.4 is 4.90 Å². The Morgan fingerprint density at radius 3 is 2.35 bits per heavy atom. The van der Waals surface area contributed by atoms with Gasteiger partial charge in [0.05, 0.1) is 0 Å². The average Bonchev–Trinajstić information content (AvgIpc) is 3.08. The molecule has 142 valence electrons. The van der Waals surface area contributed by atoms with Crippen molar-refractivity contribution in [2.24, 2.45) is 7.05 Å². The molecule has 26 heavy (non-hydrogen) atoms. The maximum atomic E-state index is 13.5. The van der Waals surface area contributed by atoms with Crippen molar-refractivity contribution in [3.8, 4) is 11.3 Å². The van der Waals surface area contributed by atoms with Gasteiger partial charge >= 0.3 is 27.5 Å². The van der Waals surface area contributed by atoms with E-state index in [2.05, 4.69) is 25.7 Å². The zero-order valence-corrected chi connectivity index (χ0v) is 17.6. The molecule has 2 N–H and O–H groups in total. The molecule has 2 aromatic heterocycles. The Kier molecular flexibility index (Phi) is 11.6. The number of halogens is 3. The van der Waals surface area contributed by atoms with Crippen LogP contribution in [-0.4, -0.2) is 28.9 Å². The predicted molar refractivity (Wildman–Crippen MR) is 97.1 cm³/mol. The van der Waals surface area contributed by atoms with Crippen LogP contribution in [0.2, 0.25) is 0 Å². The first kappa shape index (κ1) is 24.1. The van der Waals surface area contributed by atoms with Crippen molar-refractivity contribution >= 4 is 15.3 Å². The summed E-state index contributed by atoms with van der Waals surface area (Å²) in [5.41, 5.74) is 1.51. The Hall–Kier alpha value is -1.86. The van der Waals surface area contributed by atoms with E-state index in [0.717, 1.165) is 17.8 Å². The minimum atomic E-state index is -0.659. The molecule has 3 aromatic rings. The van der Waals surface area contributed by atoms with Crippen molar-refractivity contribution < 1.29 is 26.7 Å². The molecule has 0 aliphatic rings. The van der Waals surface area contributed by atoms with E-state index < -0.39 is 11.6 Å². The fourth-order valence-electron chi connectivity index (χ4n) is 1.82. The molecule has 0 saturated carbocycles. The Balaban J connectivity index is 0.000000585. The molecule has 0 fully saturated rings. The summed E-state index contributed by atoms with van der Waals surface area (Å²) in [5.74, 6) is -1.30. The Morgan fingerprint density at radius 1 is 1.19 bits per heavy atom. The smallest absolute Gasteiger partial charge is 0.693 e. The molecule has 0 spiro atoms. The number of aryl methyl sites for hydroxylation is 1. The number of aromatic nitrogens is 3. The molecule has 1 aromatic carbocycles. The average molecular weight is 559 g/mol.